The summed E-state index contributed by atoms with van der Waals surface area (Å²) in [7, 11) is -0.786. The fraction of sp³-hybridized carbons (Fsp3) is 0.400. The molecule has 0 spiro atoms. The van der Waals surface area contributed by atoms with Gasteiger partial charge in [0.15, 0.2) is 0 Å². The van der Waals surface area contributed by atoms with E-state index in [0.717, 1.165) is 31.2 Å². The molecule has 7 heteroatoms. The van der Waals surface area contributed by atoms with E-state index in [2.05, 4.69) is 0 Å². The first-order chi connectivity index (χ1) is 13.0. The highest BCUT2D eigenvalue weighted by Gasteiger charge is 2.35. The predicted octanol–water partition coefficient (Wildman–Crippen LogP) is 4.66. The molecular weight excluding hydrogens is 386 g/mol. The summed E-state index contributed by atoms with van der Waals surface area (Å²) in [6.07, 6.45) is 3.59. The van der Waals surface area contributed by atoms with Crippen molar-refractivity contribution in [1.82, 2.24) is 4.31 Å². The molecular formula is C20H24ClNO4S. The van der Waals surface area contributed by atoms with Crippen LogP contribution in [0.25, 0.3) is 0 Å². The largest absolute Gasteiger partial charge is 0.497 e. The smallest absolute Gasteiger partial charge is 0.247 e. The molecule has 0 amide bonds. The number of hydrogen-bond acceptors (Lipinski definition) is 4. The lowest BCUT2D eigenvalue weighted by Gasteiger charge is -2.30. The maximum Gasteiger partial charge on any atom is 0.247 e. The SMILES string of the molecule is COc1ccc(OC)c(S(=O)(=O)N2CCCCC[C@@H]2c2ccc(Cl)cc2)c1. The standard InChI is InChI=1S/C20H24ClNO4S/c1-25-17-11-12-19(26-2)20(14-17)27(23,24)22-13-5-3-4-6-18(22)15-7-9-16(21)10-8-15/h7-12,14,18H,3-6,13H2,1-2H3/t18-/m1/s1. The van der Waals surface area contributed by atoms with E-state index >= 15 is 0 Å². The summed E-state index contributed by atoms with van der Waals surface area (Å²) >= 11 is 6.02. The van der Waals surface area contributed by atoms with Gasteiger partial charge in [-0.05, 0) is 42.7 Å². The average Bonchev–Trinajstić information content (AvgIpc) is 2.94. The lowest BCUT2D eigenvalue weighted by atomic mass is 10.0. The maximum absolute atomic E-state index is 13.6. The van der Waals surface area contributed by atoms with Crippen LogP contribution in [-0.2, 0) is 10.0 Å². The molecule has 146 valence electrons. The van der Waals surface area contributed by atoms with E-state index in [4.69, 9.17) is 21.1 Å². The first-order valence-electron chi connectivity index (χ1n) is 8.96. The normalized spacial score (nSPS) is 18.7. The van der Waals surface area contributed by atoms with Gasteiger partial charge in [0.2, 0.25) is 10.0 Å². The second kappa shape index (κ2) is 8.50. The van der Waals surface area contributed by atoms with Gasteiger partial charge in [0, 0.05) is 17.6 Å². The Morgan fingerprint density at radius 3 is 2.41 bits per heavy atom. The Bertz CT molecular complexity index is 883. The zero-order chi connectivity index (χ0) is 19.4. The zero-order valence-electron chi connectivity index (χ0n) is 15.5. The fourth-order valence-electron chi connectivity index (χ4n) is 3.50. The molecule has 5 nitrogen and oxygen atoms in total. The van der Waals surface area contributed by atoms with Crippen molar-refractivity contribution in [3.63, 3.8) is 0 Å². The van der Waals surface area contributed by atoms with Gasteiger partial charge < -0.3 is 9.47 Å². The van der Waals surface area contributed by atoms with Crippen LogP contribution in [0.4, 0.5) is 0 Å². The number of halogens is 1. The quantitative estimate of drug-likeness (QED) is 0.720. The molecule has 1 fully saturated rings. The third-order valence-electron chi connectivity index (χ3n) is 4.92. The molecule has 1 saturated heterocycles. The summed E-state index contributed by atoms with van der Waals surface area (Å²) in [6.45, 7) is 0.468. The Kier molecular flexibility index (Phi) is 6.29. The average molecular weight is 410 g/mol. The topological polar surface area (TPSA) is 55.8 Å². The minimum Gasteiger partial charge on any atom is -0.497 e. The Morgan fingerprint density at radius 1 is 1.00 bits per heavy atom. The van der Waals surface area contributed by atoms with Gasteiger partial charge in [-0.25, -0.2) is 8.42 Å². The van der Waals surface area contributed by atoms with Gasteiger partial charge in [-0.2, -0.15) is 4.31 Å². The van der Waals surface area contributed by atoms with E-state index in [-0.39, 0.29) is 10.9 Å². The monoisotopic (exact) mass is 409 g/mol. The lowest BCUT2D eigenvalue weighted by Crippen LogP contribution is -2.35. The van der Waals surface area contributed by atoms with Crippen LogP contribution in [-0.4, -0.2) is 33.5 Å². The molecule has 27 heavy (non-hydrogen) atoms. The summed E-state index contributed by atoms with van der Waals surface area (Å²) in [5.41, 5.74) is 0.951. The van der Waals surface area contributed by atoms with Crippen molar-refractivity contribution >= 4 is 21.6 Å². The van der Waals surface area contributed by atoms with E-state index in [9.17, 15) is 8.42 Å². The summed E-state index contributed by atoms with van der Waals surface area (Å²) in [4.78, 5) is 0.130. The van der Waals surface area contributed by atoms with E-state index in [1.165, 1.54) is 20.3 Å². The number of sulfonamides is 1. The van der Waals surface area contributed by atoms with Gasteiger partial charge in [-0.15, -0.1) is 0 Å². The molecule has 0 aromatic heterocycles. The molecule has 2 aromatic carbocycles. The van der Waals surface area contributed by atoms with Crippen LogP contribution in [0.2, 0.25) is 5.02 Å². The van der Waals surface area contributed by atoms with Crippen LogP contribution < -0.4 is 9.47 Å². The first kappa shape index (κ1) is 20.0. The highest BCUT2D eigenvalue weighted by Crippen LogP contribution is 2.38. The summed E-state index contributed by atoms with van der Waals surface area (Å²) in [5.74, 6) is 0.794. The second-order valence-corrected chi connectivity index (χ2v) is 8.84. The number of ether oxygens (including phenoxy) is 2. The maximum atomic E-state index is 13.6. The van der Waals surface area contributed by atoms with Crippen LogP contribution in [0.15, 0.2) is 47.4 Å². The van der Waals surface area contributed by atoms with Crippen molar-refractivity contribution in [1.29, 1.82) is 0 Å². The number of rotatable bonds is 5. The summed E-state index contributed by atoms with van der Waals surface area (Å²) < 4.78 is 39.4. The number of nitrogens with zero attached hydrogens (tertiary/aromatic N) is 1. The van der Waals surface area contributed by atoms with Crippen molar-refractivity contribution in [2.75, 3.05) is 20.8 Å². The van der Waals surface area contributed by atoms with Crippen LogP contribution in [0, 0.1) is 0 Å². The molecule has 1 aliphatic rings. The highest BCUT2D eigenvalue weighted by atomic mass is 35.5. The number of hydrogen-bond donors (Lipinski definition) is 0. The van der Waals surface area contributed by atoms with Crippen LogP contribution in [0.3, 0.4) is 0 Å². The number of methoxy groups -OCH3 is 2. The molecule has 1 heterocycles. The molecule has 0 N–H and O–H groups in total. The van der Waals surface area contributed by atoms with Gasteiger partial charge in [0.1, 0.15) is 16.4 Å². The minimum absolute atomic E-state index is 0.130. The van der Waals surface area contributed by atoms with Gasteiger partial charge in [-0.3, -0.25) is 0 Å². The molecule has 0 radical (unpaired) electrons. The van der Waals surface area contributed by atoms with Gasteiger partial charge in [0.25, 0.3) is 0 Å². The zero-order valence-corrected chi connectivity index (χ0v) is 17.1. The van der Waals surface area contributed by atoms with Crippen molar-refractivity contribution in [3.8, 4) is 11.5 Å². The van der Waals surface area contributed by atoms with Crippen LogP contribution in [0.5, 0.6) is 11.5 Å². The second-order valence-electron chi connectivity index (χ2n) is 6.55. The van der Waals surface area contributed by atoms with E-state index in [0.29, 0.717) is 23.1 Å². The Labute approximate surface area is 165 Å². The Balaban J connectivity index is 2.08. The highest BCUT2D eigenvalue weighted by molar-refractivity contribution is 7.89. The summed E-state index contributed by atoms with van der Waals surface area (Å²) in [6, 6.07) is 12.0. The van der Waals surface area contributed by atoms with Gasteiger partial charge in [0.05, 0.1) is 20.3 Å². The van der Waals surface area contributed by atoms with Crippen molar-refractivity contribution < 1.29 is 17.9 Å². The molecule has 0 bridgehead atoms. The fourth-order valence-corrected chi connectivity index (χ4v) is 5.48. The molecule has 2 aromatic rings. The van der Waals surface area contributed by atoms with E-state index in [1.54, 1.807) is 28.6 Å². The minimum atomic E-state index is -3.77. The Hall–Kier alpha value is -1.76. The van der Waals surface area contributed by atoms with Gasteiger partial charge in [-0.1, -0.05) is 36.6 Å². The third kappa shape index (κ3) is 4.23. The number of benzene rings is 2. The summed E-state index contributed by atoms with van der Waals surface area (Å²) in [5, 5.41) is 0.635. The predicted molar refractivity (Wildman–Crippen MR) is 106 cm³/mol. The van der Waals surface area contributed by atoms with Crippen molar-refractivity contribution in [2.45, 2.75) is 36.6 Å². The molecule has 0 unspecified atom stereocenters. The van der Waals surface area contributed by atoms with E-state index < -0.39 is 10.0 Å². The molecule has 3 rings (SSSR count). The Morgan fingerprint density at radius 2 is 1.74 bits per heavy atom. The van der Waals surface area contributed by atoms with Gasteiger partial charge >= 0.3 is 0 Å². The molecule has 0 saturated carbocycles. The molecule has 0 aliphatic carbocycles. The first-order valence-corrected chi connectivity index (χ1v) is 10.8. The van der Waals surface area contributed by atoms with Crippen molar-refractivity contribution in [2.24, 2.45) is 0 Å². The van der Waals surface area contributed by atoms with Crippen molar-refractivity contribution in [3.05, 3.63) is 53.1 Å². The molecule has 1 atom stereocenters. The van der Waals surface area contributed by atoms with E-state index in [1.807, 2.05) is 12.1 Å². The lowest BCUT2D eigenvalue weighted by molar-refractivity contribution is 0.325. The van der Waals surface area contributed by atoms with Crippen LogP contribution in [0.1, 0.15) is 37.3 Å². The molecule has 1 aliphatic heterocycles. The third-order valence-corrected chi connectivity index (χ3v) is 7.10. The van der Waals surface area contributed by atoms with Crippen LogP contribution >= 0.6 is 11.6 Å².